The van der Waals surface area contributed by atoms with Gasteiger partial charge in [0.2, 0.25) is 5.76 Å². The van der Waals surface area contributed by atoms with E-state index in [9.17, 15) is 14.4 Å². The first kappa shape index (κ1) is 18.5. The van der Waals surface area contributed by atoms with E-state index in [-0.39, 0.29) is 22.5 Å². The molecule has 0 bridgehead atoms. The van der Waals surface area contributed by atoms with Crippen LogP contribution in [0.1, 0.15) is 56.0 Å². The predicted octanol–water partition coefficient (Wildman–Crippen LogP) is 4.41. The van der Waals surface area contributed by atoms with E-state index >= 15 is 0 Å². The number of hydrogen-bond donors (Lipinski definition) is 0. The van der Waals surface area contributed by atoms with Crippen molar-refractivity contribution in [3.05, 3.63) is 80.0 Å². The molecule has 0 saturated carbocycles. The summed E-state index contributed by atoms with van der Waals surface area (Å²) in [6.07, 6.45) is 0. The second-order valence-corrected chi connectivity index (χ2v) is 8.14. The molecule has 30 heavy (non-hydrogen) atoms. The van der Waals surface area contributed by atoms with Gasteiger partial charge in [-0.25, -0.2) is 4.98 Å². The normalized spacial score (nSPS) is 15.8. The Morgan fingerprint density at radius 3 is 2.53 bits per heavy atom. The summed E-state index contributed by atoms with van der Waals surface area (Å²) in [5.41, 5.74) is 0.794. The molecule has 1 aromatic carbocycles. The third kappa shape index (κ3) is 2.57. The van der Waals surface area contributed by atoms with Crippen molar-refractivity contribution in [1.82, 2.24) is 4.98 Å². The molecule has 1 atom stereocenters. The molecule has 0 aliphatic carbocycles. The number of para-hydroxylation sites is 1. The molecule has 1 amide bonds. The zero-order valence-corrected chi connectivity index (χ0v) is 17.2. The summed E-state index contributed by atoms with van der Waals surface area (Å²) in [5, 5.41) is 0.704. The van der Waals surface area contributed by atoms with E-state index in [1.54, 1.807) is 50.2 Å². The third-order valence-electron chi connectivity index (χ3n) is 5.12. The number of benzene rings is 1. The number of carbonyl (C=O) groups excluding carboxylic acids is 2. The second kappa shape index (κ2) is 6.50. The summed E-state index contributed by atoms with van der Waals surface area (Å²) in [6, 6.07) is 9.48. The molecular formula is C22H16N2O5S. The molecule has 5 rings (SSSR count). The van der Waals surface area contributed by atoms with Crippen LogP contribution >= 0.6 is 11.3 Å². The second-order valence-electron chi connectivity index (χ2n) is 7.16. The average Bonchev–Trinajstić information content (AvgIpc) is 3.38. The Morgan fingerprint density at radius 1 is 1.10 bits per heavy atom. The molecule has 150 valence electrons. The Morgan fingerprint density at radius 2 is 1.87 bits per heavy atom. The molecule has 4 aromatic rings. The highest BCUT2D eigenvalue weighted by Crippen LogP contribution is 2.43. The van der Waals surface area contributed by atoms with Gasteiger partial charge in [0.15, 0.2) is 16.3 Å². The lowest BCUT2D eigenvalue weighted by Crippen LogP contribution is -2.29. The smallest absolute Gasteiger partial charge is 0.297 e. The fourth-order valence-corrected chi connectivity index (χ4v) is 4.79. The quantitative estimate of drug-likeness (QED) is 0.456. The van der Waals surface area contributed by atoms with Crippen molar-refractivity contribution in [2.24, 2.45) is 0 Å². The Kier molecular flexibility index (Phi) is 4.01. The number of anilines is 1. The molecule has 1 aliphatic rings. The van der Waals surface area contributed by atoms with Crippen molar-refractivity contribution in [1.29, 1.82) is 0 Å². The van der Waals surface area contributed by atoms with Gasteiger partial charge in [-0.15, -0.1) is 0 Å². The number of rotatable bonds is 3. The summed E-state index contributed by atoms with van der Waals surface area (Å²) in [4.78, 5) is 45.0. The molecule has 4 heterocycles. The van der Waals surface area contributed by atoms with Crippen LogP contribution in [-0.4, -0.2) is 16.7 Å². The minimum Gasteiger partial charge on any atom is -0.464 e. The topological polar surface area (TPSA) is 93.6 Å². The van der Waals surface area contributed by atoms with Crippen LogP contribution in [-0.2, 0) is 0 Å². The minimum absolute atomic E-state index is 0.0324. The van der Waals surface area contributed by atoms with E-state index in [4.69, 9.17) is 8.83 Å². The van der Waals surface area contributed by atoms with Crippen LogP contribution in [0.4, 0.5) is 5.13 Å². The summed E-state index contributed by atoms with van der Waals surface area (Å²) in [7, 11) is 0. The molecule has 7 nitrogen and oxygen atoms in total. The number of ketones is 1. The van der Waals surface area contributed by atoms with E-state index in [2.05, 4.69) is 4.98 Å². The number of aromatic nitrogens is 1. The van der Waals surface area contributed by atoms with E-state index in [1.807, 2.05) is 0 Å². The maximum Gasteiger partial charge on any atom is 0.297 e. The van der Waals surface area contributed by atoms with E-state index in [1.165, 1.54) is 11.8 Å². The highest BCUT2D eigenvalue weighted by Gasteiger charge is 2.46. The lowest BCUT2D eigenvalue weighted by atomic mass is 10.0. The van der Waals surface area contributed by atoms with Crippen molar-refractivity contribution in [3.63, 3.8) is 0 Å². The molecule has 3 aromatic heterocycles. The first-order valence-corrected chi connectivity index (χ1v) is 10.1. The van der Waals surface area contributed by atoms with Crippen LogP contribution in [0.2, 0.25) is 0 Å². The van der Waals surface area contributed by atoms with Crippen LogP contribution < -0.4 is 10.3 Å². The fourth-order valence-electron chi connectivity index (χ4n) is 3.80. The first-order chi connectivity index (χ1) is 14.4. The van der Waals surface area contributed by atoms with Crippen LogP contribution in [0.3, 0.4) is 0 Å². The highest BCUT2D eigenvalue weighted by atomic mass is 32.1. The maximum atomic E-state index is 13.4. The molecule has 1 aliphatic heterocycles. The van der Waals surface area contributed by atoms with Gasteiger partial charge in [-0.05, 0) is 38.1 Å². The highest BCUT2D eigenvalue weighted by molar-refractivity contribution is 7.17. The van der Waals surface area contributed by atoms with Gasteiger partial charge in [0, 0.05) is 6.92 Å². The number of hydrogen-bond acceptors (Lipinski definition) is 7. The lowest BCUT2D eigenvalue weighted by molar-refractivity contribution is 0.0968. The number of carbonyl (C=O) groups is 2. The Balaban J connectivity index is 1.80. The molecule has 0 fully saturated rings. The Hall–Kier alpha value is -3.52. The zero-order chi connectivity index (χ0) is 21.2. The van der Waals surface area contributed by atoms with Crippen molar-refractivity contribution >= 4 is 39.1 Å². The van der Waals surface area contributed by atoms with E-state index in [0.717, 1.165) is 11.3 Å². The van der Waals surface area contributed by atoms with Crippen molar-refractivity contribution < 1.29 is 18.4 Å². The summed E-state index contributed by atoms with van der Waals surface area (Å²) < 4.78 is 11.7. The molecule has 0 unspecified atom stereocenters. The standard InChI is InChI=1S/C22H16N2O5S/c1-10-8-9-15(28-10)17-16-18(26)13-6-4-5-7-14(13)29-19(16)21(27)24(17)22-23-11(2)20(30-22)12(3)25/h4-9,17H,1-3H3/t17-/m0/s1. The zero-order valence-electron chi connectivity index (χ0n) is 16.4. The lowest BCUT2D eigenvalue weighted by Gasteiger charge is -2.20. The SMILES string of the molecule is CC(=O)c1sc(N2C(=O)c3oc4ccccc4c(=O)c3[C@@H]2c2ccc(C)o2)nc1C. The Labute approximate surface area is 174 Å². The minimum atomic E-state index is -0.826. The van der Waals surface area contributed by atoms with E-state index < -0.39 is 11.9 Å². The van der Waals surface area contributed by atoms with Crippen LogP contribution in [0.15, 0.2) is 50.0 Å². The molecule has 0 N–H and O–H groups in total. The fraction of sp³-hybridized carbons (Fsp3) is 0.182. The number of fused-ring (bicyclic) bond motifs is 2. The number of furan rings is 1. The summed E-state index contributed by atoms with van der Waals surface area (Å²) in [6.45, 7) is 4.96. The van der Waals surface area contributed by atoms with Crippen molar-refractivity contribution in [3.8, 4) is 0 Å². The number of aryl methyl sites for hydroxylation is 2. The van der Waals surface area contributed by atoms with Gasteiger partial charge in [-0.1, -0.05) is 23.5 Å². The summed E-state index contributed by atoms with van der Waals surface area (Å²) >= 11 is 1.11. The van der Waals surface area contributed by atoms with Gasteiger partial charge in [0.25, 0.3) is 5.91 Å². The van der Waals surface area contributed by atoms with E-state index in [0.29, 0.717) is 38.2 Å². The molecular weight excluding hydrogens is 404 g/mol. The monoisotopic (exact) mass is 420 g/mol. The number of nitrogens with zero attached hydrogens (tertiary/aromatic N) is 2. The largest absolute Gasteiger partial charge is 0.464 e. The first-order valence-electron chi connectivity index (χ1n) is 9.31. The average molecular weight is 420 g/mol. The molecule has 0 radical (unpaired) electrons. The van der Waals surface area contributed by atoms with Crippen LogP contribution in [0.25, 0.3) is 11.0 Å². The van der Waals surface area contributed by atoms with Gasteiger partial charge in [-0.2, -0.15) is 0 Å². The predicted molar refractivity (Wildman–Crippen MR) is 111 cm³/mol. The number of Topliss-reactive ketones (excluding diaryl/α,β-unsaturated/α-hetero) is 1. The third-order valence-corrected chi connectivity index (χ3v) is 6.38. The van der Waals surface area contributed by atoms with Gasteiger partial charge in [-0.3, -0.25) is 19.3 Å². The van der Waals surface area contributed by atoms with Crippen molar-refractivity contribution in [2.45, 2.75) is 26.8 Å². The Bertz CT molecular complexity index is 1410. The maximum absolute atomic E-state index is 13.4. The van der Waals surface area contributed by atoms with Gasteiger partial charge < -0.3 is 8.83 Å². The summed E-state index contributed by atoms with van der Waals surface area (Å²) in [5.74, 6) is 0.423. The molecule has 0 spiro atoms. The van der Waals surface area contributed by atoms with Crippen LogP contribution in [0, 0.1) is 13.8 Å². The number of thiazole rings is 1. The van der Waals surface area contributed by atoms with Gasteiger partial charge >= 0.3 is 0 Å². The number of amides is 1. The molecule has 0 saturated heterocycles. The van der Waals surface area contributed by atoms with Gasteiger partial charge in [0.1, 0.15) is 23.1 Å². The van der Waals surface area contributed by atoms with Crippen molar-refractivity contribution in [2.75, 3.05) is 4.90 Å². The van der Waals surface area contributed by atoms with Gasteiger partial charge in [0.05, 0.1) is 21.5 Å². The molecule has 8 heteroatoms. The van der Waals surface area contributed by atoms with Crippen LogP contribution in [0.5, 0.6) is 0 Å².